The summed E-state index contributed by atoms with van der Waals surface area (Å²) in [7, 11) is 0. The third kappa shape index (κ3) is 8.03. The molecule has 2 aliphatic heterocycles. The van der Waals surface area contributed by atoms with Crippen molar-refractivity contribution in [3.63, 3.8) is 0 Å². The minimum absolute atomic E-state index is 0.00449. The molecule has 64 heavy (non-hydrogen) atoms. The number of ether oxygens (including phenoxy) is 2. The van der Waals surface area contributed by atoms with Crippen molar-refractivity contribution in [2.45, 2.75) is 34.6 Å². The normalized spacial score (nSPS) is 13.3. The summed E-state index contributed by atoms with van der Waals surface area (Å²) in [4.78, 5) is 24.5. The van der Waals surface area contributed by atoms with Gasteiger partial charge in [-0.3, -0.25) is 9.59 Å². The minimum atomic E-state index is -2.94. The van der Waals surface area contributed by atoms with E-state index in [9.17, 15) is 20.1 Å². The molecule has 3 heterocycles. The van der Waals surface area contributed by atoms with E-state index in [0.29, 0.717) is 5.69 Å². The first kappa shape index (κ1) is 42.2. The van der Waals surface area contributed by atoms with E-state index in [-0.39, 0.29) is 13.2 Å². The van der Waals surface area contributed by atoms with Gasteiger partial charge in [0, 0.05) is 58.8 Å². The minimum Gasteiger partial charge on any atom is -0.479 e. The first-order chi connectivity index (χ1) is 31.0. The molecule has 0 atom stereocenters. The number of benzene rings is 5. The third-order valence-corrected chi connectivity index (χ3v) is 11.4. The van der Waals surface area contributed by atoms with E-state index in [0.717, 1.165) is 89.3 Å². The van der Waals surface area contributed by atoms with E-state index in [1.807, 2.05) is 100 Å². The molecule has 8 nitrogen and oxygen atoms in total. The Morgan fingerprint density at radius 1 is 0.641 bits per heavy atom. The standard InChI is InChI=1S/C55H42BN4O4/c1-37-30-38(2)52(39(3)31-37)53-54-49(45-16-8-6-9-17-45)32-48(44-24-20-42(21-25-44)14-12-28-63-40(4)61)34-59(54)56(35-57,36-58)60-51(33-50(55(53)60)46-18-10-7-11-19-46)47-26-22-43(23-27-47)15-13-29-64-41(5)62/h6-11,16-27,30-34H,28-29H2,1-5H3/q-1. The number of carbonyl (C=O) groups is 2. The Balaban J connectivity index is 1.45. The summed E-state index contributed by atoms with van der Waals surface area (Å²) in [5, 5.41) is 23.6. The second-order valence-corrected chi connectivity index (χ2v) is 15.8. The molecule has 0 aliphatic carbocycles. The van der Waals surface area contributed by atoms with E-state index >= 15 is 0 Å². The molecule has 1 aromatic heterocycles. The number of esters is 2. The number of carbonyl (C=O) groups excluding carboxylic acids is 2. The van der Waals surface area contributed by atoms with Crippen LogP contribution >= 0.6 is 0 Å². The van der Waals surface area contributed by atoms with Crippen LogP contribution in [0.3, 0.4) is 0 Å². The molecule has 0 spiro atoms. The van der Waals surface area contributed by atoms with E-state index in [1.165, 1.54) is 13.8 Å². The summed E-state index contributed by atoms with van der Waals surface area (Å²) in [6.45, 7) is 9.01. The number of hydrogen-bond donors (Lipinski definition) is 0. The quantitative estimate of drug-likeness (QED) is 0.0895. The highest BCUT2D eigenvalue weighted by Crippen LogP contribution is 2.52. The topological polar surface area (TPSA) is 108 Å². The van der Waals surface area contributed by atoms with Crippen LogP contribution in [-0.4, -0.2) is 40.9 Å². The Kier molecular flexibility index (Phi) is 11.8. The van der Waals surface area contributed by atoms with Gasteiger partial charge in [0.15, 0.2) is 13.2 Å². The van der Waals surface area contributed by atoms with Crippen molar-refractivity contribution >= 4 is 35.1 Å². The largest absolute Gasteiger partial charge is 0.479 e. The number of aryl methyl sites for hydroxylation is 3. The van der Waals surface area contributed by atoms with E-state index in [2.05, 4.69) is 105 Å². The smallest absolute Gasteiger partial charge is 0.388 e. The summed E-state index contributed by atoms with van der Waals surface area (Å²) in [5.41, 5.74) is 14.9. The van der Waals surface area contributed by atoms with Crippen LogP contribution in [0.2, 0.25) is 0 Å². The van der Waals surface area contributed by atoms with Gasteiger partial charge >= 0.3 is 18.4 Å². The molecule has 9 heteroatoms. The summed E-state index contributed by atoms with van der Waals surface area (Å²) in [6.07, 6.45) is 1.16. The predicted molar refractivity (Wildman–Crippen MR) is 252 cm³/mol. The number of fused-ring (bicyclic) bond motifs is 2. The van der Waals surface area contributed by atoms with Crippen molar-refractivity contribution in [2.24, 2.45) is 0 Å². The maximum atomic E-state index is 11.8. The fraction of sp³-hybridized carbons (Fsp3) is 0.127. The molecule has 6 aromatic rings. The van der Waals surface area contributed by atoms with Crippen molar-refractivity contribution in [1.82, 2.24) is 9.29 Å². The number of aromatic nitrogens is 1. The molecule has 8 rings (SSSR count). The highest BCUT2D eigenvalue weighted by molar-refractivity contribution is 6.91. The van der Waals surface area contributed by atoms with Gasteiger partial charge < -0.3 is 18.8 Å². The lowest BCUT2D eigenvalue weighted by Gasteiger charge is -2.52. The monoisotopic (exact) mass is 833 g/mol. The number of rotatable bonds is 7. The predicted octanol–water partition coefficient (Wildman–Crippen LogP) is 10.2. The average molecular weight is 834 g/mol. The maximum absolute atomic E-state index is 11.8. The first-order valence-corrected chi connectivity index (χ1v) is 20.9. The molecule has 310 valence electrons. The molecule has 0 amide bonds. The van der Waals surface area contributed by atoms with E-state index in [4.69, 9.17) is 9.47 Å². The van der Waals surface area contributed by atoms with Gasteiger partial charge in [0.2, 0.25) is 0 Å². The van der Waals surface area contributed by atoms with Crippen molar-refractivity contribution < 1.29 is 19.1 Å². The Hall–Kier alpha value is -8.50. The van der Waals surface area contributed by atoms with Crippen molar-refractivity contribution in [1.29, 1.82) is 10.5 Å². The Labute approximate surface area is 374 Å². The molecular formula is C55H42BN4O4-. The molecule has 0 saturated heterocycles. The molecule has 0 saturated carbocycles. The van der Waals surface area contributed by atoms with E-state index in [1.54, 1.807) is 0 Å². The zero-order valence-corrected chi connectivity index (χ0v) is 36.2. The first-order valence-electron chi connectivity index (χ1n) is 20.9. The zero-order chi connectivity index (χ0) is 45.0. The average Bonchev–Trinajstić information content (AvgIpc) is 3.70. The molecule has 2 aliphatic rings. The van der Waals surface area contributed by atoms with Gasteiger partial charge in [-0.1, -0.05) is 138 Å². The summed E-state index contributed by atoms with van der Waals surface area (Å²) >= 11 is 0. The van der Waals surface area contributed by atoms with Crippen LogP contribution in [0.1, 0.15) is 64.0 Å². The number of allylic oxidation sites excluding steroid dienone is 3. The van der Waals surface area contributed by atoms with Gasteiger partial charge in [-0.2, -0.15) is 0 Å². The summed E-state index contributed by atoms with van der Waals surface area (Å²) < 4.78 is 12.0. The van der Waals surface area contributed by atoms with Gasteiger partial charge in [-0.15, -0.1) is 0 Å². The fourth-order valence-electron chi connectivity index (χ4n) is 8.74. The van der Waals surface area contributed by atoms with Crippen LogP contribution in [0.4, 0.5) is 0 Å². The zero-order valence-electron chi connectivity index (χ0n) is 36.2. The van der Waals surface area contributed by atoms with Crippen LogP contribution < -0.4 is 0 Å². The van der Waals surface area contributed by atoms with Crippen molar-refractivity contribution in [2.75, 3.05) is 13.2 Å². The Morgan fingerprint density at radius 3 is 1.67 bits per heavy atom. The van der Waals surface area contributed by atoms with Crippen molar-refractivity contribution in [3.8, 4) is 58.0 Å². The maximum Gasteiger partial charge on any atom is 0.388 e. The van der Waals surface area contributed by atoms with Crippen molar-refractivity contribution in [3.05, 3.63) is 196 Å². The fourth-order valence-corrected chi connectivity index (χ4v) is 8.74. The lowest BCUT2D eigenvalue weighted by molar-refractivity contribution is -0.140. The van der Waals surface area contributed by atoms with Crippen LogP contribution in [0, 0.1) is 66.9 Å². The van der Waals surface area contributed by atoms with E-state index < -0.39 is 18.4 Å². The molecule has 0 bridgehead atoms. The molecule has 0 fully saturated rings. The van der Waals surface area contributed by atoms with Gasteiger partial charge in [-0.25, -0.2) is 10.5 Å². The highest BCUT2D eigenvalue weighted by Gasteiger charge is 2.47. The summed E-state index contributed by atoms with van der Waals surface area (Å²) in [5.74, 6) is 16.3. The van der Waals surface area contributed by atoms with Crippen LogP contribution in [0.25, 0.3) is 39.1 Å². The molecule has 0 N–H and O–H groups in total. The highest BCUT2D eigenvalue weighted by atomic mass is 16.5. The number of nitriles is 2. The SMILES string of the molecule is CC(=O)OCC#Cc1ccc(C2=CN3C(=C(c4c(C)cc(C)cc4C)c4c(-c5ccccc5)cc(-c5ccc(C#CCOC(C)=O)cc5)n4[B-]3(C#N)C#N)C(c3ccccc3)=C2)cc1. The number of nitrogens with zero attached hydrogens (tertiary/aromatic N) is 4. The van der Waals surface area contributed by atoms with Crippen LogP contribution in [0.5, 0.6) is 0 Å². The van der Waals surface area contributed by atoms with Crippen LogP contribution in [-0.2, 0) is 19.1 Å². The van der Waals surface area contributed by atoms with Gasteiger partial charge in [0.25, 0.3) is 0 Å². The molecule has 0 unspecified atom stereocenters. The second kappa shape index (κ2) is 17.8. The Bertz CT molecular complexity index is 3120. The Morgan fingerprint density at radius 2 is 1.16 bits per heavy atom. The molecule has 5 aromatic carbocycles. The molecule has 0 radical (unpaired) electrons. The lowest BCUT2D eigenvalue weighted by Crippen LogP contribution is -2.59. The number of hydrogen-bond acceptors (Lipinski definition) is 7. The van der Waals surface area contributed by atoms with Gasteiger partial charge in [-0.05, 0) is 108 Å². The second-order valence-electron chi connectivity index (χ2n) is 15.8. The third-order valence-electron chi connectivity index (χ3n) is 11.4. The molecular weight excluding hydrogens is 791 g/mol. The van der Waals surface area contributed by atoms with Gasteiger partial charge in [0.05, 0.1) is 0 Å². The van der Waals surface area contributed by atoms with Crippen LogP contribution in [0.15, 0.2) is 145 Å². The summed E-state index contributed by atoms with van der Waals surface area (Å²) in [6, 6.07) is 42.1. The van der Waals surface area contributed by atoms with Gasteiger partial charge in [0.1, 0.15) is 0 Å². The lowest BCUT2D eigenvalue weighted by atomic mass is 9.45.